The Morgan fingerprint density at radius 2 is 1.85 bits per heavy atom. The second-order valence-electron chi connectivity index (χ2n) is 2.89. The molecule has 0 aliphatic heterocycles. The molecule has 80 valence electrons. The lowest BCUT2D eigenvalue weighted by molar-refractivity contribution is -0.111. The van der Waals surface area contributed by atoms with E-state index >= 15 is 0 Å². The van der Waals surface area contributed by atoms with Gasteiger partial charge in [0.05, 0.1) is 6.04 Å². The molecule has 0 bridgehead atoms. The van der Waals surface area contributed by atoms with Crippen LogP contribution < -0.4 is 0 Å². The van der Waals surface area contributed by atoms with E-state index < -0.39 is 0 Å². The number of nitrogens with zero attached hydrogens (tertiary/aromatic N) is 1. The maximum absolute atomic E-state index is 10.4. The molecule has 1 unspecified atom stereocenters. The van der Waals surface area contributed by atoms with Crippen LogP contribution in [0, 0.1) is 0 Å². The van der Waals surface area contributed by atoms with E-state index in [9.17, 15) is 4.79 Å². The van der Waals surface area contributed by atoms with Crippen LogP contribution >= 0.6 is 0 Å². The highest BCUT2D eigenvalue weighted by molar-refractivity contribution is 5.57. The predicted octanol–water partition coefficient (Wildman–Crippen LogP) is -0.113. The van der Waals surface area contributed by atoms with Crippen LogP contribution in [-0.2, 0) is 4.79 Å². The normalized spacial score (nSPS) is 11.8. The third kappa shape index (κ3) is 9.46. The molecule has 0 aromatic rings. The van der Waals surface area contributed by atoms with Gasteiger partial charge in [0.2, 0.25) is 0 Å². The summed E-state index contributed by atoms with van der Waals surface area (Å²) in [5.41, 5.74) is 0. The average Bonchev–Trinajstić information content (AvgIpc) is 2.15. The number of unbranched alkanes of at least 4 members (excludes halogenated alkanes) is 1. The molecule has 0 saturated carbocycles. The minimum Gasteiger partial charge on any atom is -0.400 e. The molecule has 0 amide bonds. The average molecular weight is 191 g/mol. The van der Waals surface area contributed by atoms with E-state index in [4.69, 9.17) is 10.2 Å². The molecule has 0 aliphatic carbocycles. The van der Waals surface area contributed by atoms with E-state index in [-0.39, 0.29) is 12.6 Å². The van der Waals surface area contributed by atoms with Gasteiger partial charge in [-0.05, 0) is 33.4 Å². The monoisotopic (exact) mass is 191 g/mol. The highest BCUT2D eigenvalue weighted by Crippen LogP contribution is 2.02. The van der Waals surface area contributed by atoms with Gasteiger partial charge in [0.25, 0.3) is 0 Å². The molecule has 4 nitrogen and oxygen atoms in total. The summed E-state index contributed by atoms with van der Waals surface area (Å²) in [5, 5.41) is 15.5. The minimum absolute atomic E-state index is 0.0153. The fourth-order valence-electron chi connectivity index (χ4n) is 0.913. The standard InChI is InChI=1S/C8H17NO2.CH4O/c1-9(2)8(7-11)5-3-4-6-10;1-2/h7-8,10H,3-6H2,1-2H3;2H,1H3. The molecular weight excluding hydrogens is 170 g/mol. The second kappa shape index (κ2) is 11.6. The Labute approximate surface area is 80.2 Å². The first-order chi connectivity index (χ1) is 6.22. The first kappa shape index (κ1) is 15.0. The van der Waals surface area contributed by atoms with E-state index in [1.807, 2.05) is 19.0 Å². The molecular formula is C9H21NO3. The second-order valence-corrected chi connectivity index (χ2v) is 2.89. The lowest BCUT2D eigenvalue weighted by Crippen LogP contribution is -2.29. The lowest BCUT2D eigenvalue weighted by atomic mass is 10.1. The summed E-state index contributed by atoms with van der Waals surface area (Å²) in [4.78, 5) is 12.3. The summed E-state index contributed by atoms with van der Waals surface area (Å²) in [5.74, 6) is 0. The van der Waals surface area contributed by atoms with Gasteiger partial charge in [0.15, 0.2) is 0 Å². The Morgan fingerprint density at radius 1 is 1.31 bits per heavy atom. The van der Waals surface area contributed by atoms with E-state index in [0.717, 1.165) is 32.7 Å². The van der Waals surface area contributed by atoms with Crippen molar-refractivity contribution in [2.24, 2.45) is 0 Å². The van der Waals surface area contributed by atoms with Gasteiger partial charge in [-0.1, -0.05) is 0 Å². The number of aldehydes is 1. The van der Waals surface area contributed by atoms with Crippen LogP contribution in [0.25, 0.3) is 0 Å². The SMILES string of the molecule is CN(C)C(C=O)CCCCO.CO. The zero-order valence-corrected chi connectivity index (χ0v) is 8.73. The third-order valence-electron chi connectivity index (χ3n) is 1.73. The fourth-order valence-corrected chi connectivity index (χ4v) is 0.913. The van der Waals surface area contributed by atoms with Crippen molar-refractivity contribution in [1.82, 2.24) is 4.90 Å². The number of carbonyl (C=O) groups is 1. The zero-order chi connectivity index (χ0) is 10.7. The Kier molecular flexibility index (Phi) is 13.4. The highest BCUT2D eigenvalue weighted by Gasteiger charge is 2.07. The van der Waals surface area contributed by atoms with Crippen molar-refractivity contribution < 1.29 is 15.0 Å². The molecule has 2 N–H and O–H groups in total. The topological polar surface area (TPSA) is 60.8 Å². The van der Waals surface area contributed by atoms with Crippen molar-refractivity contribution in [2.45, 2.75) is 25.3 Å². The van der Waals surface area contributed by atoms with E-state index in [0.29, 0.717) is 0 Å². The molecule has 0 rings (SSSR count). The van der Waals surface area contributed by atoms with Gasteiger partial charge in [0.1, 0.15) is 6.29 Å². The van der Waals surface area contributed by atoms with Crippen LogP contribution in [-0.4, -0.2) is 55.3 Å². The van der Waals surface area contributed by atoms with Crippen molar-refractivity contribution in [1.29, 1.82) is 0 Å². The highest BCUT2D eigenvalue weighted by atomic mass is 16.3. The Morgan fingerprint density at radius 3 is 2.15 bits per heavy atom. The molecule has 0 aromatic carbocycles. The Balaban J connectivity index is 0. The summed E-state index contributed by atoms with van der Waals surface area (Å²) in [6.45, 7) is 0.221. The summed E-state index contributed by atoms with van der Waals surface area (Å²) < 4.78 is 0. The smallest absolute Gasteiger partial charge is 0.137 e. The number of likely N-dealkylation sites (N-methyl/N-ethyl adjacent to an activating group) is 1. The molecule has 13 heavy (non-hydrogen) atoms. The number of carbonyl (C=O) groups excluding carboxylic acids is 1. The molecule has 0 spiro atoms. The van der Waals surface area contributed by atoms with Crippen LogP contribution in [0.5, 0.6) is 0 Å². The molecule has 0 saturated heterocycles. The van der Waals surface area contributed by atoms with Crippen LogP contribution in [0.3, 0.4) is 0 Å². The molecule has 1 atom stereocenters. The van der Waals surface area contributed by atoms with E-state index in [1.165, 1.54) is 0 Å². The number of aliphatic hydroxyl groups is 2. The zero-order valence-electron chi connectivity index (χ0n) is 8.73. The Hall–Kier alpha value is -0.450. The molecule has 0 aliphatic rings. The lowest BCUT2D eigenvalue weighted by Gasteiger charge is -2.17. The predicted molar refractivity (Wildman–Crippen MR) is 52.6 cm³/mol. The summed E-state index contributed by atoms with van der Waals surface area (Å²) in [7, 11) is 4.77. The summed E-state index contributed by atoms with van der Waals surface area (Å²) in [6, 6.07) is 0.0153. The molecule has 0 fully saturated rings. The van der Waals surface area contributed by atoms with E-state index in [2.05, 4.69) is 0 Å². The van der Waals surface area contributed by atoms with Gasteiger partial charge in [0, 0.05) is 13.7 Å². The fraction of sp³-hybridized carbons (Fsp3) is 0.889. The van der Waals surface area contributed by atoms with Crippen LogP contribution in [0.1, 0.15) is 19.3 Å². The quantitative estimate of drug-likeness (QED) is 0.454. The van der Waals surface area contributed by atoms with Crippen LogP contribution in [0.2, 0.25) is 0 Å². The third-order valence-corrected chi connectivity index (χ3v) is 1.73. The van der Waals surface area contributed by atoms with Gasteiger partial charge in [-0.25, -0.2) is 0 Å². The number of rotatable bonds is 6. The van der Waals surface area contributed by atoms with Crippen molar-refractivity contribution in [2.75, 3.05) is 27.8 Å². The first-order valence-corrected chi connectivity index (χ1v) is 4.39. The Bertz CT molecular complexity index is 107. The number of aliphatic hydroxyl groups excluding tert-OH is 2. The van der Waals surface area contributed by atoms with Gasteiger partial charge in [-0.2, -0.15) is 0 Å². The van der Waals surface area contributed by atoms with Crippen molar-refractivity contribution >= 4 is 6.29 Å². The largest absolute Gasteiger partial charge is 0.400 e. The van der Waals surface area contributed by atoms with Crippen LogP contribution in [0.4, 0.5) is 0 Å². The van der Waals surface area contributed by atoms with Crippen molar-refractivity contribution in [3.05, 3.63) is 0 Å². The first-order valence-electron chi connectivity index (χ1n) is 4.39. The van der Waals surface area contributed by atoms with Gasteiger partial charge >= 0.3 is 0 Å². The van der Waals surface area contributed by atoms with Crippen molar-refractivity contribution in [3.63, 3.8) is 0 Å². The van der Waals surface area contributed by atoms with Gasteiger partial charge in [-0.3, -0.25) is 0 Å². The number of hydrogen-bond acceptors (Lipinski definition) is 4. The minimum atomic E-state index is 0.0153. The number of hydrogen-bond donors (Lipinski definition) is 2. The molecule has 4 heteroatoms. The summed E-state index contributed by atoms with van der Waals surface area (Å²) in [6.07, 6.45) is 3.50. The van der Waals surface area contributed by atoms with Crippen LogP contribution in [0.15, 0.2) is 0 Å². The van der Waals surface area contributed by atoms with E-state index in [1.54, 1.807) is 0 Å². The molecule has 0 heterocycles. The van der Waals surface area contributed by atoms with Crippen molar-refractivity contribution in [3.8, 4) is 0 Å². The van der Waals surface area contributed by atoms with Gasteiger partial charge < -0.3 is 19.9 Å². The molecule has 0 aromatic heterocycles. The molecule has 0 radical (unpaired) electrons. The summed E-state index contributed by atoms with van der Waals surface area (Å²) >= 11 is 0. The maximum Gasteiger partial charge on any atom is 0.137 e. The van der Waals surface area contributed by atoms with Gasteiger partial charge in [-0.15, -0.1) is 0 Å². The maximum atomic E-state index is 10.4.